The second kappa shape index (κ2) is 3.33. The minimum Gasteiger partial charge on any atom is -0.453 e. The van der Waals surface area contributed by atoms with Gasteiger partial charge in [-0.2, -0.15) is 0 Å². The normalized spacial score (nSPS) is 15.7. The van der Waals surface area contributed by atoms with Crippen molar-refractivity contribution in [2.75, 3.05) is 6.79 Å². The molecule has 0 spiro atoms. The van der Waals surface area contributed by atoms with Gasteiger partial charge in [0.05, 0.1) is 5.02 Å². The van der Waals surface area contributed by atoms with Crippen molar-refractivity contribution in [3.05, 3.63) is 22.2 Å². The molecular weight excluding hydrogens is 202 g/mol. The molecule has 4 heteroatoms. The summed E-state index contributed by atoms with van der Waals surface area (Å²) < 4.78 is 10.6. The fourth-order valence-electron chi connectivity index (χ4n) is 1.65. The molecule has 2 rings (SSSR count). The Balaban J connectivity index is 2.62. The van der Waals surface area contributed by atoms with Crippen LogP contribution in [0.2, 0.25) is 5.02 Å². The van der Waals surface area contributed by atoms with Gasteiger partial charge in [-0.3, -0.25) is 0 Å². The van der Waals surface area contributed by atoms with Crippen LogP contribution in [0.4, 0.5) is 0 Å². The molecule has 1 aromatic rings. The van der Waals surface area contributed by atoms with Gasteiger partial charge in [-0.15, -0.1) is 0 Å². The van der Waals surface area contributed by atoms with Crippen LogP contribution in [0.3, 0.4) is 0 Å². The Bertz CT molecular complexity index is 377. The lowest BCUT2D eigenvalue weighted by Gasteiger charge is -2.12. The highest BCUT2D eigenvalue weighted by Crippen LogP contribution is 2.44. The highest BCUT2D eigenvalue weighted by atomic mass is 35.5. The summed E-state index contributed by atoms with van der Waals surface area (Å²) in [7, 11) is 0. The van der Waals surface area contributed by atoms with E-state index in [0.29, 0.717) is 10.8 Å². The molecule has 3 nitrogen and oxygen atoms in total. The van der Waals surface area contributed by atoms with Crippen LogP contribution in [0.5, 0.6) is 11.5 Å². The van der Waals surface area contributed by atoms with Gasteiger partial charge >= 0.3 is 0 Å². The zero-order valence-electron chi connectivity index (χ0n) is 8.13. The minimum atomic E-state index is -0.0537. The Morgan fingerprint density at radius 3 is 2.71 bits per heavy atom. The van der Waals surface area contributed by atoms with Crippen molar-refractivity contribution in [3.63, 3.8) is 0 Å². The van der Waals surface area contributed by atoms with Crippen LogP contribution in [0.25, 0.3) is 0 Å². The quantitative estimate of drug-likeness (QED) is 0.779. The summed E-state index contributed by atoms with van der Waals surface area (Å²) in [5, 5.41) is 0.565. The number of hydrogen-bond acceptors (Lipinski definition) is 3. The maximum Gasteiger partial charge on any atom is 0.231 e. The van der Waals surface area contributed by atoms with Gasteiger partial charge in [-0.05, 0) is 31.0 Å². The first kappa shape index (κ1) is 9.62. The third-order valence-corrected chi connectivity index (χ3v) is 2.66. The van der Waals surface area contributed by atoms with Crippen molar-refractivity contribution in [1.29, 1.82) is 0 Å². The molecule has 1 atom stereocenters. The lowest BCUT2D eigenvalue weighted by Crippen LogP contribution is -2.07. The number of fused-ring (bicyclic) bond motifs is 1. The summed E-state index contributed by atoms with van der Waals surface area (Å²) in [6.45, 7) is 4.11. The van der Waals surface area contributed by atoms with E-state index in [0.717, 1.165) is 16.9 Å². The van der Waals surface area contributed by atoms with Crippen LogP contribution in [-0.2, 0) is 0 Å². The molecule has 0 fully saturated rings. The lowest BCUT2D eigenvalue weighted by atomic mass is 10.0. The fraction of sp³-hybridized carbons (Fsp3) is 0.400. The number of halogens is 1. The third kappa shape index (κ3) is 1.33. The van der Waals surface area contributed by atoms with Gasteiger partial charge in [0, 0.05) is 6.04 Å². The second-order valence-electron chi connectivity index (χ2n) is 3.43. The van der Waals surface area contributed by atoms with Gasteiger partial charge in [0.1, 0.15) is 0 Å². The van der Waals surface area contributed by atoms with E-state index in [9.17, 15) is 0 Å². The number of rotatable bonds is 1. The highest BCUT2D eigenvalue weighted by Gasteiger charge is 2.23. The molecule has 0 saturated heterocycles. The Labute approximate surface area is 87.8 Å². The summed E-state index contributed by atoms with van der Waals surface area (Å²) in [6.07, 6.45) is 0. The molecule has 0 radical (unpaired) electrons. The molecule has 0 amide bonds. The van der Waals surface area contributed by atoms with Gasteiger partial charge in [0.25, 0.3) is 0 Å². The molecule has 76 valence electrons. The van der Waals surface area contributed by atoms with Gasteiger partial charge in [0.15, 0.2) is 11.5 Å². The summed E-state index contributed by atoms with van der Waals surface area (Å²) in [5.41, 5.74) is 7.83. The van der Waals surface area contributed by atoms with Crippen LogP contribution in [-0.4, -0.2) is 6.79 Å². The molecule has 14 heavy (non-hydrogen) atoms. The number of nitrogens with two attached hydrogens (primary N) is 1. The first-order valence-electron chi connectivity index (χ1n) is 4.45. The molecule has 1 unspecified atom stereocenters. The first-order valence-corrected chi connectivity index (χ1v) is 4.83. The molecule has 0 saturated carbocycles. The predicted molar refractivity (Wildman–Crippen MR) is 54.9 cm³/mol. The van der Waals surface area contributed by atoms with E-state index in [-0.39, 0.29) is 12.8 Å². The van der Waals surface area contributed by atoms with Crippen molar-refractivity contribution >= 4 is 11.6 Å². The molecule has 1 aliphatic heterocycles. The predicted octanol–water partition coefficient (Wildman–Crippen LogP) is 2.40. The largest absolute Gasteiger partial charge is 0.453 e. The van der Waals surface area contributed by atoms with Crippen LogP contribution >= 0.6 is 11.6 Å². The Morgan fingerprint density at radius 2 is 2.07 bits per heavy atom. The zero-order valence-corrected chi connectivity index (χ0v) is 8.89. The summed E-state index contributed by atoms with van der Waals surface area (Å²) in [4.78, 5) is 0. The van der Waals surface area contributed by atoms with Crippen molar-refractivity contribution in [2.45, 2.75) is 19.9 Å². The van der Waals surface area contributed by atoms with Gasteiger partial charge in [-0.25, -0.2) is 0 Å². The third-order valence-electron chi connectivity index (χ3n) is 2.38. The van der Waals surface area contributed by atoms with Crippen molar-refractivity contribution < 1.29 is 9.47 Å². The van der Waals surface area contributed by atoms with Crippen LogP contribution in [0, 0.1) is 6.92 Å². The Hall–Kier alpha value is -0.930. The van der Waals surface area contributed by atoms with Crippen molar-refractivity contribution in [3.8, 4) is 11.5 Å². The molecule has 0 bridgehead atoms. The van der Waals surface area contributed by atoms with Crippen LogP contribution < -0.4 is 15.2 Å². The van der Waals surface area contributed by atoms with E-state index in [1.807, 2.05) is 19.9 Å². The molecule has 1 aromatic carbocycles. The average molecular weight is 214 g/mol. The lowest BCUT2D eigenvalue weighted by molar-refractivity contribution is 0.173. The Kier molecular flexibility index (Phi) is 2.29. The van der Waals surface area contributed by atoms with Crippen molar-refractivity contribution in [1.82, 2.24) is 0 Å². The Morgan fingerprint density at radius 1 is 1.43 bits per heavy atom. The van der Waals surface area contributed by atoms with Gasteiger partial charge in [0.2, 0.25) is 6.79 Å². The smallest absolute Gasteiger partial charge is 0.231 e. The van der Waals surface area contributed by atoms with E-state index >= 15 is 0 Å². The number of ether oxygens (including phenoxy) is 2. The fourth-order valence-corrected chi connectivity index (χ4v) is 1.91. The standard InChI is InChI=1S/C10H12ClNO2/c1-5-7(6(2)12)3-8(11)10-9(5)13-4-14-10/h3,6H,4,12H2,1-2H3. The first-order chi connectivity index (χ1) is 6.61. The zero-order chi connectivity index (χ0) is 10.3. The van der Waals surface area contributed by atoms with Crippen LogP contribution in [0.15, 0.2) is 6.07 Å². The molecule has 1 aliphatic rings. The summed E-state index contributed by atoms with van der Waals surface area (Å²) >= 11 is 6.03. The van der Waals surface area contributed by atoms with E-state index in [1.54, 1.807) is 0 Å². The minimum absolute atomic E-state index is 0.0537. The van der Waals surface area contributed by atoms with Crippen molar-refractivity contribution in [2.24, 2.45) is 5.73 Å². The molecule has 0 aromatic heterocycles. The van der Waals surface area contributed by atoms with E-state index < -0.39 is 0 Å². The monoisotopic (exact) mass is 213 g/mol. The topological polar surface area (TPSA) is 44.5 Å². The van der Waals surface area contributed by atoms with E-state index in [2.05, 4.69) is 0 Å². The van der Waals surface area contributed by atoms with Crippen LogP contribution in [0.1, 0.15) is 24.1 Å². The molecule has 0 aliphatic carbocycles. The van der Waals surface area contributed by atoms with Gasteiger partial charge < -0.3 is 15.2 Å². The number of benzene rings is 1. The number of hydrogen-bond donors (Lipinski definition) is 1. The SMILES string of the molecule is Cc1c(C(C)N)cc(Cl)c2c1OCO2. The molecule has 2 N–H and O–H groups in total. The summed E-state index contributed by atoms with van der Waals surface area (Å²) in [5.74, 6) is 1.36. The molecular formula is C10H12ClNO2. The molecule has 1 heterocycles. The van der Waals surface area contributed by atoms with E-state index in [1.165, 1.54) is 0 Å². The highest BCUT2D eigenvalue weighted by molar-refractivity contribution is 6.32. The average Bonchev–Trinajstić information content (AvgIpc) is 2.59. The second-order valence-corrected chi connectivity index (χ2v) is 3.83. The van der Waals surface area contributed by atoms with Gasteiger partial charge in [-0.1, -0.05) is 11.6 Å². The summed E-state index contributed by atoms with van der Waals surface area (Å²) in [6, 6.07) is 1.79. The maximum absolute atomic E-state index is 6.03. The van der Waals surface area contributed by atoms with E-state index in [4.69, 9.17) is 26.8 Å². The maximum atomic E-state index is 6.03.